The third-order valence-electron chi connectivity index (χ3n) is 3.07. The molecule has 98 valence electrons. The summed E-state index contributed by atoms with van der Waals surface area (Å²) in [5.74, 6) is 0.0422. The number of pyridine rings is 1. The second-order valence-corrected chi connectivity index (χ2v) is 5.32. The number of nitrogen functional groups attached to an aromatic ring is 1. The Kier molecular flexibility index (Phi) is 3.45. The number of nitrogens with two attached hydrogens (primary N) is 1. The van der Waals surface area contributed by atoms with Gasteiger partial charge in [0.05, 0.1) is 16.2 Å². The SMILES string of the molecule is CC1(O)CCCN(C(=O)c2cc(N)ncc2Cl)C1. The van der Waals surface area contributed by atoms with E-state index in [0.717, 1.165) is 6.42 Å². The third kappa shape index (κ3) is 2.73. The molecule has 0 aromatic carbocycles. The van der Waals surface area contributed by atoms with Crippen molar-refractivity contribution in [2.75, 3.05) is 18.8 Å². The van der Waals surface area contributed by atoms with Crippen molar-refractivity contribution in [2.45, 2.75) is 25.4 Å². The first kappa shape index (κ1) is 13.1. The molecule has 1 aliphatic rings. The van der Waals surface area contributed by atoms with Gasteiger partial charge in [-0.3, -0.25) is 4.79 Å². The number of carbonyl (C=O) groups is 1. The number of hydrogen-bond acceptors (Lipinski definition) is 4. The molecule has 0 radical (unpaired) electrons. The van der Waals surface area contributed by atoms with Crippen LogP contribution in [0.2, 0.25) is 5.02 Å². The molecule has 1 aromatic heterocycles. The summed E-state index contributed by atoms with van der Waals surface area (Å²) in [6.07, 6.45) is 2.84. The van der Waals surface area contributed by atoms with E-state index in [1.54, 1.807) is 11.8 Å². The number of halogens is 1. The van der Waals surface area contributed by atoms with Gasteiger partial charge in [-0.05, 0) is 25.8 Å². The number of nitrogens with zero attached hydrogens (tertiary/aromatic N) is 2. The van der Waals surface area contributed by atoms with Gasteiger partial charge in [-0.25, -0.2) is 4.98 Å². The number of aliphatic hydroxyl groups is 1. The van der Waals surface area contributed by atoms with E-state index in [1.165, 1.54) is 12.3 Å². The summed E-state index contributed by atoms with van der Waals surface area (Å²) in [5.41, 5.74) is 5.06. The average molecular weight is 270 g/mol. The number of rotatable bonds is 1. The zero-order chi connectivity index (χ0) is 13.3. The molecule has 1 amide bonds. The minimum atomic E-state index is -0.834. The van der Waals surface area contributed by atoms with Gasteiger partial charge in [0.2, 0.25) is 0 Å². The lowest BCUT2D eigenvalue weighted by molar-refractivity contribution is -0.0107. The standard InChI is InChI=1S/C12H16ClN3O2/c1-12(18)3-2-4-16(7-12)11(17)8-5-10(14)15-6-9(8)13/h5-6,18H,2-4,7H2,1H3,(H2,14,15). The van der Waals surface area contributed by atoms with Crippen molar-refractivity contribution >= 4 is 23.3 Å². The Morgan fingerprint density at radius 2 is 2.39 bits per heavy atom. The van der Waals surface area contributed by atoms with Crippen molar-refractivity contribution in [3.8, 4) is 0 Å². The number of anilines is 1. The van der Waals surface area contributed by atoms with Crippen molar-refractivity contribution in [1.82, 2.24) is 9.88 Å². The number of carbonyl (C=O) groups excluding carboxylic acids is 1. The Bertz CT molecular complexity index is 476. The second kappa shape index (κ2) is 4.74. The minimum Gasteiger partial charge on any atom is -0.388 e. The van der Waals surface area contributed by atoms with E-state index >= 15 is 0 Å². The zero-order valence-corrected chi connectivity index (χ0v) is 10.9. The Hall–Kier alpha value is -1.33. The number of β-amino-alcohol motifs (C(OH)–C–C–N with tert-alkyl or cyclic N) is 1. The predicted molar refractivity (Wildman–Crippen MR) is 69.4 cm³/mol. The van der Waals surface area contributed by atoms with E-state index in [1.807, 2.05) is 0 Å². The van der Waals surface area contributed by atoms with Gasteiger partial charge in [-0.2, -0.15) is 0 Å². The van der Waals surface area contributed by atoms with E-state index in [4.69, 9.17) is 17.3 Å². The molecule has 5 nitrogen and oxygen atoms in total. The average Bonchev–Trinajstić information content (AvgIpc) is 2.30. The van der Waals surface area contributed by atoms with E-state index in [0.29, 0.717) is 25.1 Å². The lowest BCUT2D eigenvalue weighted by Crippen LogP contribution is -2.48. The molecule has 18 heavy (non-hydrogen) atoms. The van der Waals surface area contributed by atoms with Crippen molar-refractivity contribution in [2.24, 2.45) is 0 Å². The molecular weight excluding hydrogens is 254 g/mol. The topological polar surface area (TPSA) is 79.5 Å². The lowest BCUT2D eigenvalue weighted by Gasteiger charge is -2.36. The smallest absolute Gasteiger partial charge is 0.255 e. The summed E-state index contributed by atoms with van der Waals surface area (Å²) in [6, 6.07) is 1.47. The summed E-state index contributed by atoms with van der Waals surface area (Å²) in [6.45, 7) is 2.66. The van der Waals surface area contributed by atoms with Gasteiger partial charge in [-0.1, -0.05) is 11.6 Å². The highest BCUT2D eigenvalue weighted by Crippen LogP contribution is 2.24. The van der Waals surface area contributed by atoms with Gasteiger partial charge in [0.15, 0.2) is 0 Å². The summed E-state index contributed by atoms with van der Waals surface area (Å²) in [7, 11) is 0. The van der Waals surface area contributed by atoms with Crippen LogP contribution in [0.25, 0.3) is 0 Å². The third-order valence-corrected chi connectivity index (χ3v) is 3.37. The minimum absolute atomic E-state index is 0.214. The Morgan fingerprint density at radius 3 is 3.06 bits per heavy atom. The highest BCUT2D eigenvalue weighted by atomic mass is 35.5. The molecule has 1 aromatic rings. The normalized spacial score (nSPS) is 24.1. The molecule has 0 spiro atoms. The van der Waals surface area contributed by atoms with Crippen LogP contribution in [0.15, 0.2) is 12.3 Å². The zero-order valence-electron chi connectivity index (χ0n) is 10.2. The number of hydrogen-bond donors (Lipinski definition) is 2. The van der Waals surface area contributed by atoms with Gasteiger partial charge in [0.25, 0.3) is 5.91 Å². The van der Waals surface area contributed by atoms with Crippen LogP contribution in [0, 0.1) is 0 Å². The van der Waals surface area contributed by atoms with Crippen LogP contribution < -0.4 is 5.73 Å². The van der Waals surface area contributed by atoms with Crippen molar-refractivity contribution < 1.29 is 9.90 Å². The molecule has 3 N–H and O–H groups in total. The van der Waals surface area contributed by atoms with Crippen LogP contribution in [0.5, 0.6) is 0 Å². The molecule has 1 aliphatic heterocycles. The molecule has 0 bridgehead atoms. The van der Waals surface area contributed by atoms with Crippen molar-refractivity contribution in [1.29, 1.82) is 0 Å². The first-order valence-electron chi connectivity index (χ1n) is 5.82. The highest BCUT2D eigenvalue weighted by molar-refractivity contribution is 6.33. The molecule has 1 atom stereocenters. The predicted octanol–water partition coefficient (Wildman–Crippen LogP) is 1.30. The molecule has 1 unspecified atom stereocenters. The Labute approximate surface area is 111 Å². The molecule has 2 rings (SSSR count). The summed E-state index contributed by atoms with van der Waals surface area (Å²) >= 11 is 5.95. The lowest BCUT2D eigenvalue weighted by atomic mass is 9.95. The number of piperidine rings is 1. The van der Waals surface area contributed by atoms with Gasteiger partial charge < -0.3 is 15.7 Å². The summed E-state index contributed by atoms with van der Waals surface area (Å²) in [5, 5.41) is 10.3. The van der Waals surface area contributed by atoms with Gasteiger partial charge in [0.1, 0.15) is 5.82 Å². The Morgan fingerprint density at radius 1 is 1.67 bits per heavy atom. The van der Waals surface area contributed by atoms with Gasteiger partial charge >= 0.3 is 0 Å². The van der Waals surface area contributed by atoms with Gasteiger partial charge in [0, 0.05) is 19.3 Å². The molecular formula is C12H16ClN3O2. The largest absolute Gasteiger partial charge is 0.388 e. The van der Waals surface area contributed by atoms with E-state index in [2.05, 4.69) is 4.98 Å². The first-order chi connectivity index (χ1) is 8.39. The van der Waals surface area contributed by atoms with E-state index in [9.17, 15) is 9.90 Å². The van der Waals surface area contributed by atoms with Crippen LogP contribution in [-0.2, 0) is 0 Å². The quantitative estimate of drug-likeness (QED) is 0.805. The van der Waals surface area contributed by atoms with E-state index in [-0.39, 0.29) is 16.7 Å². The highest BCUT2D eigenvalue weighted by Gasteiger charge is 2.32. The second-order valence-electron chi connectivity index (χ2n) is 4.92. The summed E-state index contributed by atoms with van der Waals surface area (Å²) in [4.78, 5) is 17.7. The van der Waals surface area contributed by atoms with Crippen LogP contribution in [-0.4, -0.2) is 39.6 Å². The fraction of sp³-hybridized carbons (Fsp3) is 0.500. The molecule has 2 heterocycles. The first-order valence-corrected chi connectivity index (χ1v) is 6.19. The number of amides is 1. The van der Waals surface area contributed by atoms with Crippen LogP contribution in [0.3, 0.4) is 0 Å². The number of aromatic nitrogens is 1. The van der Waals surface area contributed by atoms with Crippen molar-refractivity contribution in [3.05, 3.63) is 22.8 Å². The van der Waals surface area contributed by atoms with Crippen LogP contribution in [0.1, 0.15) is 30.1 Å². The maximum absolute atomic E-state index is 12.3. The van der Waals surface area contributed by atoms with Crippen LogP contribution in [0.4, 0.5) is 5.82 Å². The molecule has 1 fully saturated rings. The van der Waals surface area contributed by atoms with E-state index < -0.39 is 5.60 Å². The molecule has 6 heteroatoms. The van der Waals surface area contributed by atoms with Crippen molar-refractivity contribution in [3.63, 3.8) is 0 Å². The maximum Gasteiger partial charge on any atom is 0.255 e. The Balaban J connectivity index is 2.23. The fourth-order valence-electron chi connectivity index (χ4n) is 2.18. The number of likely N-dealkylation sites (tertiary alicyclic amines) is 1. The maximum atomic E-state index is 12.3. The summed E-state index contributed by atoms with van der Waals surface area (Å²) < 4.78 is 0. The monoisotopic (exact) mass is 269 g/mol. The fourth-order valence-corrected chi connectivity index (χ4v) is 2.37. The van der Waals surface area contributed by atoms with Gasteiger partial charge in [-0.15, -0.1) is 0 Å². The molecule has 1 saturated heterocycles. The molecule has 0 saturated carbocycles. The molecule has 0 aliphatic carbocycles. The van der Waals surface area contributed by atoms with Crippen LogP contribution >= 0.6 is 11.6 Å².